The number of fused-ring (bicyclic) bond motifs is 1. The molecule has 1 aliphatic rings. The van der Waals surface area contributed by atoms with Gasteiger partial charge in [0.1, 0.15) is 17.3 Å². The first-order chi connectivity index (χ1) is 17.5. The highest BCUT2D eigenvalue weighted by Gasteiger charge is 2.34. The van der Waals surface area contributed by atoms with E-state index in [9.17, 15) is 4.79 Å². The molecule has 4 aromatic rings. The predicted molar refractivity (Wildman–Crippen MR) is 143 cm³/mol. The molecule has 0 aliphatic carbocycles. The van der Waals surface area contributed by atoms with E-state index in [0.717, 1.165) is 52.6 Å². The molecule has 1 aromatic heterocycles. The number of rotatable bonds is 9. The van der Waals surface area contributed by atoms with Gasteiger partial charge in [0.25, 0.3) is 0 Å². The van der Waals surface area contributed by atoms with E-state index in [2.05, 4.69) is 36.6 Å². The van der Waals surface area contributed by atoms with Crippen LogP contribution in [0.5, 0.6) is 11.5 Å². The second kappa shape index (κ2) is 10.4. The van der Waals surface area contributed by atoms with Crippen LogP contribution in [0.3, 0.4) is 0 Å². The molecule has 1 amide bonds. The van der Waals surface area contributed by atoms with Crippen LogP contribution in [-0.2, 0) is 11.3 Å². The van der Waals surface area contributed by atoms with Crippen molar-refractivity contribution in [3.8, 4) is 11.5 Å². The van der Waals surface area contributed by atoms with E-state index in [-0.39, 0.29) is 11.8 Å². The third-order valence-electron chi connectivity index (χ3n) is 6.75. The molecular weight excluding hydrogens is 450 g/mol. The zero-order valence-electron chi connectivity index (χ0n) is 21.2. The van der Waals surface area contributed by atoms with Crippen LogP contribution in [0, 0.1) is 13.8 Å². The summed E-state index contributed by atoms with van der Waals surface area (Å²) in [7, 11) is 0. The van der Waals surface area contributed by atoms with Crippen molar-refractivity contribution in [3.05, 3.63) is 83.7 Å². The van der Waals surface area contributed by atoms with Crippen LogP contribution in [0.2, 0.25) is 0 Å². The molecule has 2 heterocycles. The zero-order chi connectivity index (χ0) is 25.1. The molecule has 186 valence electrons. The Labute approximate surface area is 212 Å². The molecule has 1 saturated heterocycles. The maximum absolute atomic E-state index is 13.0. The summed E-state index contributed by atoms with van der Waals surface area (Å²) < 4.78 is 13.9. The standard InChI is InChI=1S/C30H33N3O3/c1-4-35-25-13-11-24(12-14-25)33-20-23(19-29(33)34)30-31-26-8-5-6-9-27(26)32(30)16-7-17-36-28-15-10-21(2)18-22(28)3/h5-6,8-15,18,23H,4,7,16-17,19-20H2,1-3H3/t23-/m1/s1. The Balaban J connectivity index is 1.32. The Morgan fingerprint density at radius 1 is 1.00 bits per heavy atom. The number of hydrogen-bond donors (Lipinski definition) is 0. The number of aryl methyl sites for hydroxylation is 3. The van der Waals surface area contributed by atoms with Gasteiger partial charge in [-0.2, -0.15) is 0 Å². The van der Waals surface area contributed by atoms with Crippen LogP contribution < -0.4 is 14.4 Å². The minimum Gasteiger partial charge on any atom is -0.494 e. The maximum atomic E-state index is 13.0. The Kier molecular flexibility index (Phi) is 6.94. The second-order valence-electron chi connectivity index (χ2n) is 9.41. The molecule has 1 atom stereocenters. The van der Waals surface area contributed by atoms with E-state index < -0.39 is 0 Å². The van der Waals surface area contributed by atoms with Crippen LogP contribution >= 0.6 is 0 Å². The average Bonchev–Trinajstić information content (AvgIpc) is 3.44. The minimum absolute atomic E-state index is 0.0386. The number of carbonyl (C=O) groups excluding carboxylic acids is 1. The molecule has 0 spiro atoms. The van der Waals surface area contributed by atoms with Crippen molar-refractivity contribution in [2.45, 2.75) is 46.1 Å². The molecule has 6 heteroatoms. The van der Waals surface area contributed by atoms with Gasteiger partial charge in [0.05, 0.1) is 24.2 Å². The Morgan fingerprint density at radius 3 is 2.58 bits per heavy atom. The molecule has 0 saturated carbocycles. The van der Waals surface area contributed by atoms with Crippen molar-refractivity contribution >= 4 is 22.6 Å². The van der Waals surface area contributed by atoms with Gasteiger partial charge >= 0.3 is 0 Å². The molecule has 0 bridgehead atoms. The number of imidazole rings is 1. The monoisotopic (exact) mass is 483 g/mol. The van der Waals surface area contributed by atoms with Gasteiger partial charge in [-0.05, 0) is 75.2 Å². The van der Waals surface area contributed by atoms with E-state index in [1.54, 1.807) is 0 Å². The summed E-state index contributed by atoms with van der Waals surface area (Å²) in [6.45, 7) is 8.78. The molecular formula is C30H33N3O3. The van der Waals surface area contributed by atoms with Crippen molar-refractivity contribution < 1.29 is 14.3 Å². The summed E-state index contributed by atoms with van der Waals surface area (Å²) in [4.78, 5) is 19.9. The van der Waals surface area contributed by atoms with Gasteiger partial charge in [-0.25, -0.2) is 4.98 Å². The van der Waals surface area contributed by atoms with Gasteiger partial charge in [-0.15, -0.1) is 0 Å². The molecule has 0 N–H and O–H groups in total. The van der Waals surface area contributed by atoms with Crippen molar-refractivity contribution in [1.82, 2.24) is 9.55 Å². The third-order valence-corrected chi connectivity index (χ3v) is 6.75. The van der Waals surface area contributed by atoms with E-state index >= 15 is 0 Å². The van der Waals surface area contributed by atoms with Crippen LogP contribution in [0.25, 0.3) is 11.0 Å². The van der Waals surface area contributed by atoms with Crippen LogP contribution in [0.1, 0.15) is 42.6 Å². The smallest absolute Gasteiger partial charge is 0.227 e. The fraction of sp³-hybridized carbons (Fsp3) is 0.333. The van der Waals surface area contributed by atoms with Gasteiger partial charge in [-0.3, -0.25) is 4.79 Å². The Morgan fingerprint density at radius 2 is 1.81 bits per heavy atom. The summed E-state index contributed by atoms with van der Waals surface area (Å²) in [5.41, 5.74) is 5.36. The Bertz CT molecular complexity index is 1360. The number of aromatic nitrogens is 2. The fourth-order valence-corrected chi connectivity index (χ4v) is 5.03. The first kappa shape index (κ1) is 23.9. The molecule has 6 nitrogen and oxygen atoms in total. The summed E-state index contributed by atoms with van der Waals surface area (Å²) in [5, 5.41) is 0. The number of carbonyl (C=O) groups is 1. The highest BCUT2D eigenvalue weighted by atomic mass is 16.5. The third kappa shape index (κ3) is 4.94. The average molecular weight is 484 g/mol. The number of benzene rings is 3. The molecule has 1 aliphatic heterocycles. The number of hydrogen-bond acceptors (Lipinski definition) is 4. The fourth-order valence-electron chi connectivity index (χ4n) is 5.03. The molecule has 0 unspecified atom stereocenters. The Hall–Kier alpha value is -3.80. The lowest BCUT2D eigenvalue weighted by Crippen LogP contribution is -2.24. The number of para-hydroxylation sites is 2. The normalized spacial score (nSPS) is 15.6. The quantitative estimate of drug-likeness (QED) is 0.272. The summed E-state index contributed by atoms with van der Waals surface area (Å²) in [6.07, 6.45) is 1.31. The lowest BCUT2D eigenvalue weighted by molar-refractivity contribution is -0.117. The predicted octanol–water partition coefficient (Wildman–Crippen LogP) is 6.04. The van der Waals surface area contributed by atoms with E-state index in [1.165, 1.54) is 5.56 Å². The lowest BCUT2D eigenvalue weighted by atomic mass is 10.1. The van der Waals surface area contributed by atoms with Gasteiger partial charge in [0.2, 0.25) is 5.91 Å². The summed E-state index contributed by atoms with van der Waals surface area (Å²) in [6, 6.07) is 22.2. The van der Waals surface area contributed by atoms with E-state index in [4.69, 9.17) is 14.5 Å². The number of nitrogens with zero attached hydrogens (tertiary/aromatic N) is 3. The van der Waals surface area contributed by atoms with Crippen LogP contribution in [0.4, 0.5) is 5.69 Å². The van der Waals surface area contributed by atoms with Crippen molar-refractivity contribution in [3.63, 3.8) is 0 Å². The zero-order valence-corrected chi connectivity index (χ0v) is 21.2. The molecule has 0 radical (unpaired) electrons. The van der Waals surface area contributed by atoms with Crippen LogP contribution in [0.15, 0.2) is 66.7 Å². The maximum Gasteiger partial charge on any atom is 0.227 e. The lowest BCUT2D eigenvalue weighted by Gasteiger charge is -2.18. The number of amides is 1. The largest absolute Gasteiger partial charge is 0.494 e. The highest BCUT2D eigenvalue weighted by molar-refractivity contribution is 5.96. The highest BCUT2D eigenvalue weighted by Crippen LogP contribution is 2.34. The summed E-state index contributed by atoms with van der Waals surface area (Å²) >= 11 is 0. The molecule has 5 rings (SSSR count). The van der Waals surface area contributed by atoms with E-state index in [1.807, 2.05) is 60.4 Å². The van der Waals surface area contributed by atoms with E-state index in [0.29, 0.717) is 26.2 Å². The minimum atomic E-state index is 0.0386. The first-order valence-corrected chi connectivity index (χ1v) is 12.7. The van der Waals surface area contributed by atoms with Gasteiger partial charge in [0, 0.05) is 31.1 Å². The second-order valence-corrected chi connectivity index (χ2v) is 9.41. The van der Waals surface area contributed by atoms with Gasteiger partial charge in [0.15, 0.2) is 0 Å². The topological polar surface area (TPSA) is 56.6 Å². The molecule has 36 heavy (non-hydrogen) atoms. The van der Waals surface area contributed by atoms with Gasteiger partial charge < -0.3 is 18.9 Å². The SMILES string of the molecule is CCOc1ccc(N2C[C@H](c3nc4ccccc4n3CCCOc3ccc(C)cc3C)CC2=O)cc1. The van der Waals surface area contributed by atoms with Crippen molar-refractivity contribution in [2.75, 3.05) is 24.7 Å². The van der Waals surface area contributed by atoms with Crippen molar-refractivity contribution in [2.24, 2.45) is 0 Å². The molecule has 1 fully saturated rings. The summed E-state index contributed by atoms with van der Waals surface area (Å²) in [5.74, 6) is 2.89. The van der Waals surface area contributed by atoms with Crippen molar-refractivity contribution in [1.29, 1.82) is 0 Å². The first-order valence-electron chi connectivity index (χ1n) is 12.7. The molecule has 3 aromatic carbocycles. The number of ether oxygens (including phenoxy) is 2. The number of anilines is 1. The van der Waals surface area contributed by atoms with Gasteiger partial charge in [-0.1, -0.05) is 29.8 Å². The van der Waals surface area contributed by atoms with Crippen LogP contribution in [-0.4, -0.2) is 35.2 Å².